The number of hydrogen-bond donors (Lipinski definition) is 1. The van der Waals surface area contributed by atoms with Gasteiger partial charge in [-0.2, -0.15) is 0 Å². The number of carboxylic acids is 1. The summed E-state index contributed by atoms with van der Waals surface area (Å²) in [6, 6.07) is 7.52. The minimum Gasteiger partial charge on any atom is -0.481 e. The topological polar surface area (TPSA) is 46.5 Å². The first-order valence-electron chi connectivity index (χ1n) is 7.69. The second-order valence-corrected chi connectivity index (χ2v) is 6.26. The number of carbonyl (C=O) groups is 1. The summed E-state index contributed by atoms with van der Waals surface area (Å²) in [5, 5.41) is 8.95. The highest BCUT2D eigenvalue weighted by Crippen LogP contribution is 2.28. The van der Waals surface area contributed by atoms with Crippen molar-refractivity contribution >= 4 is 17.7 Å². The Balaban J connectivity index is 2.50. The fourth-order valence-electron chi connectivity index (χ4n) is 1.96. The average Bonchev–Trinajstić information content (AvgIpc) is 2.52. The Labute approximate surface area is 137 Å². The van der Waals surface area contributed by atoms with Gasteiger partial charge in [-0.25, -0.2) is 0 Å². The largest absolute Gasteiger partial charge is 0.481 e. The maximum Gasteiger partial charge on any atom is 0.316 e. The maximum atomic E-state index is 11.3. The Morgan fingerprint density at radius 2 is 2.00 bits per heavy atom. The molecule has 0 saturated heterocycles. The summed E-state index contributed by atoms with van der Waals surface area (Å²) in [7, 11) is 0. The lowest BCUT2D eigenvalue weighted by Gasteiger charge is -2.12. The highest BCUT2D eigenvalue weighted by molar-refractivity contribution is 8.00. The summed E-state index contributed by atoms with van der Waals surface area (Å²) in [4.78, 5) is 12.3. The fourth-order valence-corrected chi connectivity index (χ4v) is 2.97. The third-order valence-electron chi connectivity index (χ3n) is 3.19. The molecule has 0 aliphatic carbocycles. The molecule has 0 amide bonds. The molecule has 0 radical (unpaired) electrons. The maximum absolute atomic E-state index is 11.3. The summed E-state index contributed by atoms with van der Waals surface area (Å²) in [5.41, 5.74) is 0. The molecule has 0 bridgehead atoms. The number of unbranched alkanes of at least 4 members (excludes halogenated alkanes) is 3. The SMILES string of the molecule is CC#CCOc1ccc(S[C@@H](CCCCCC)C(=O)O)cc1. The van der Waals surface area contributed by atoms with Crippen LogP contribution in [0, 0.1) is 11.8 Å². The molecule has 22 heavy (non-hydrogen) atoms. The lowest BCUT2D eigenvalue weighted by Crippen LogP contribution is -2.16. The van der Waals surface area contributed by atoms with Crippen LogP contribution < -0.4 is 4.74 Å². The summed E-state index contributed by atoms with van der Waals surface area (Å²) < 4.78 is 5.45. The number of aliphatic carboxylic acids is 1. The molecule has 1 rings (SSSR count). The first kappa shape index (κ1) is 18.4. The zero-order valence-corrected chi connectivity index (χ0v) is 14.1. The zero-order valence-electron chi connectivity index (χ0n) is 13.3. The molecule has 4 heteroatoms. The Morgan fingerprint density at radius 3 is 2.59 bits per heavy atom. The first-order valence-corrected chi connectivity index (χ1v) is 8.57. The third kappa shape index (κ3) is 7.42. The van der Waals surface area contributed by atoms with Gasteiger partial charge in [0.25, 0.3) is 0 Å². The summed E-state index contributed by atoms with van der Waals surface area (Å²) in [6.07, 6.45) is 5.11. The quantitative estimate of drug-likeness (QED) is 0.389. The van der Waals surface area contributed by atoms with E-state index in [9.17, 15) is 9.90 Å². The molecule has 0 aliphatic rings. The van der Waals surface area contributed by atoms with Crippen LogP contribution in [0.25, 0.3) is 0 Å². The molecule has 120 valence electrons. The molecule has 0 unspecified atom stereocenters. The van der Waals surface area contributed by atoms with Crippen molar-refractivity contribution in [1.82, 2.24) is 0 Å². The van der Waals surface area contributed by atoms with Crippen LogP contribution in [0.3, 0.4) is 0 Å². The summed E-state index contributed by atoms with van der Waals surface area (Å²) in [6.45, 7) is 4.30. The van der Waals surface area contributed by atoms with E-state index < -0.39 is 5.97 Å². The van der Waals surface area contributed by atoms with Crippen molar-refractivity contribution in [3.05, 3.63) is 24.3 Å². The number of hydrogen-bond acceptors (Lipinski definition) is 3. The molecule has 1 atom stereocenters. The molecule has 0 saturated carbocycles. The molecular weight excluding hydrogens is 296 g/mol. The molecule has 0 heterocycles. The standard InChI is InChI=1S/C18H24O3S/c1-3-5-7-8-9-17(18(19)20)22-16-12-10-15(11-13-16)21-14-6-4-2/h10-13,17H,3,5,7-9,14H2,1-2H3,(H,19,20)/t17-/m0/s1. The molecule has 0 spiro atoms. The normalized spacial score (nSPS) is 11.4. The van der Waals surface area contributed by atoms with Gasteiger partial charge in [-0.15, -0.1) is 17.7 Å². The number of carboxylic acid groups (broad SMARTS) is 1. The van der Waals surface area contributed by atoms with Crippen molar-refractivity contribution in [2.45, 2.75) is 56.1 Å². The van der Waals surface area contributed by atoms with Gasteiger partial charge >= 0.3 is 5.97 Å². The molecule has 3 nitrogen and oxygen atoms in total. The van der Waals surface area contributed by atoms with Crippen LogP contribution in [0.1, 0.15) is 46.0 Å². The molecule has 0 aliphatic heterocycles. The van der Waals surface area contributed by atoms with Crippen molar-refractivity contribution in [2.75, 3.05) is 6.61 Å². The van der Waals surface area contributed by atoms with Crippen LogP contribution in [0.15, 0.2) is 29.2 Å². The van der Waals surface area contributed by atoms with Crippen LogP contribution in [-0.4, -0.2) is 22.9 Å². The molecule has 0 aromatic heterocycles. The van der Waals surface area contributed by atoms with Gasteiger partial charge in [0.05, 0.1) is 0 Å². The van der Waals surface area contributed by atoms with E-state index in [2.05, 4.69) is 18.8 Å². The van der Waals surface area contributed by atoms with E-state index in [1.54, 1.807) is 6.92 Å². The van der Waals surface area contributed by atoms with Crippen LogP contribution in [-0.2, 0) is 4.79 Å². The molecular formula is C18H24O3S. The molecule has 1 aromatic carbocycles. The van der Waals surface area contributed by atoms with E-state index in [0.717, 1.165) is 29.9 Å². The highest BCUT2D eigenvalue weighted by atomic mass is 32.2. The minimum atomic E-state index is -0.736. The van der Waals surface area contributed by atoms with E-state index >= 15 is 0 Å². The zero-order chi connectivity index (χ0) is 16.2. The number of benzene rings is 1. The van der Waals surface area contributed by atoms with Gasteiger partial charge in [0.2, 0.25) is 0 Å². The van der Waals surface area contributed by atoms with Crippen molar-refractivity contribution in [1.29, 1.82) is 0 Å². The molecule has 1 N–H and O–H groups in total. The minimum absolute atomic E-state index is 0.373. The smallest absolute Gasteiger partial charge is 0.316 e. The lowest BCUT2D eigenvalue weighted by molar-refractivity contribution is -0.136. The molecule has 0 fully saturated rings. The van der Waals surface area contributed by atoms with Gasteiger partial charge in [-0.3, -0.25) is 4.79 Å². The van der Waals surface area contributed by atoms with Crippen molar-refractivity contribution in [3.8, 4) is 17.6 Å². The molecule has 1 aromatic rings. The van der Waals surface area contributed by atoms with Crippen molar-refractivity contribution in [2.24, 2.45) is 0 Å². The second-order valence-electron chi connectivity index (χ2n) is 4.98. The van der Waals surface area contributed by atoms with Gasteiger partial charge in [-0.05, 0) is 37.6 Å². The van der Waals surface area contributed by atoms with Crippen LogP contribution >= 0.6 is 11.8 Å². The second kappa shape index (κ2) is 11.0. The van der Waals surface area contributed by atoms with E-state index in [4.69, 9.17) is 4.74 Å². The Bertz CT molecular complexity index is 499. The van der Waals surface area contributed by atoms with Crippen LogP contribution in [0.5, 0.6) is 5.75 Å². The Morgan fingerprint density at radius 1 is 1.27 bits per heavy atom. The van der Waals surface area contributed by atoms with Crippen LogP contribution in [0.4, 0.5) is 0 Å². The van der Waals surface area contributed by atoms with Gasteiger partial charge in [0, 0.05) is 4.90 Å². The average molecular weight is 320 g/mol. The lowest BCUT2D eigenvalue weighted by atomic mass is 10.1. The van der Waals surface area contributed by atoms with Gasteiger partial charge in [0.15, 0.2) is 0 Å². The van der Waals surface area contributed by atoms with E-state index in [1.807, 2.05) is 24.3 Å². The summed E-state index contributed by atoms with van der Waals surface area (Å²) in [5.74, 6) is 5.62. The van der Waals surface area contributed by atoms with E-state index in [0.29, 0.717) is 13.0 Å². The monoisotopic (exact) mass is 320 g/mol. The number of thioether (sulfide) groups is 1. The predicted molar refractivity (Wildman–Crippen MR) is 91.4 cm³/mol. The first-order chi connectivity index (χ1) is 10.7. The fraction of sp³-hybridized carbons (Fsp3) is 0.500. The third-order valence-corrected chi connectivity index (χ3v) is 4.45. The van der Waals surface area contributed by atoms with Crippen LogP contribution in [0.2, 0.25) is 0 Å². The van der Waals surface area contributed by atoms with E-state index in [-0.39, 0.29) is 5.25 Å². The van der Waals surface area contributed by atoms with E-state index in [1.165, 1.54) is 18.2 Å². The van der Waals surface area contributed by atoms with Gasteiger partial charge in [-0.1, -0.05) is 38.5 Å². The van der Waals surface area contributed by atoms with Crippen molar-refractivity contribution in [3.63, 3.8) is 0 Å². The predicted octanol–water partition coefficient (Wildman–Crippen LogP) is 4.60. The number of rotatable bonds is 10. The van der Waals surface area contributed by atoms with Gasteiger partial charge in [0.1, 0.15) is 17.6 Å². The van der Waals surface area contributed by atoms with Gasteiger partial charge < -0.3 is 9.84 Å². The Kier molecular flexibility index (Phi) is 9.25. The Hall–Kier alpha value is -1.60. The highest BCUT2D eigenvalue weighted by Gasteiger charge is 2.18. The summed E-state index contributed by atoms with van der Waals surface area (Å²) >= 11 is 1.41. The number of ether oxygens (including phenoxy) is 1. The van der Waals surface area contributed by atoms with Crippen molar-refractivity contribution < 1.29 is 14.6 Å².